The van der Waals surface area contributed by atoms with Crippen LogP contribution >= 0.6 is 0 Å². The quantitative estimate of drug-likeness (QED) is 0.507. The summed E-state index contributed by atoms with van der Waals surface area (Å²) in [5.74, 6) is -0.394. The van der Waals surface area contributed by atoms with Gasteiger partial charge in [0.05, 0.1) is 11.5 Å². The minimum absolute atomic E-state index is 0.0327. The van der Waals surface area contributed by atoms with Gasteiger partial charge in [-0.2, -0.15) is 18.2 Å². The van der Waals surface area contributed by atoms with E-state index in [9.17, 15) is 23.3 Å². The largest absolute Gasteiger partial charge is 0.433 e. The molecule has 1 heterocycles. The zero-order valence-electron chi connectivity index (χ0n) is 13.6. The third-order valence-corrected chi connectivity index (χ3v) is 3.26. The first-order valence-electron chi connectivity index (χ1n) is 7.50. The maximum atomic E-state index is 13.0. The number of anilines is 2. The topological polar surface area (TPSA) is 113 Å². The lowest BCUT2D eigenvalue weighted by Crippen LogP contribution is -2.22. The zero-order valence-corrected chi connectivity index (χ0v) is 13.6. The van der Waals surface area contributed by atoms with Crippen molar-refractivity contribution in [2.45, 2.75) is 25.7 Å². The summed E-state index contributed by atoms with van der Waals surface area (Å²) in [5, 5.41) is 25.0. The molecule has 0 saturated carbocycles. The molecule has 1 aromatic heterocycles. The fourth-order valence-corrected chi connectivity index (χ4v) is 1.99. The van der Waals surface area contributed by atoms with Crippen LogP contribution in [0.3, 0.4) is 0 Å². The minimum atomic E-state index is -4.68. The summed E-state index contributed by atoms with van der Waals surface area (Å²) < 4.78 is 39.0. The minimum Gasteiger partial charge on any atom is -0.394 e. The van der Waals surface area contributed by atoms with Crippen LogP contribution in [0, 0.1) is 10.1 Å². The lowest BCUT2D eigenvalue weighted by atomic mass is 10.2. The van der Waals surface area contributed by atoms with Crippen molar-refractivity contribution in [2.24, 2.45) is 0 Å². The monoisotopic (exact) mass is 371 g/mol. The Morgan fingerprint density at radius 3 is 2.65 bits per heavy atom. The molecular formula is C15H16F3N5O3. The van der Waals surface area contributed by atoms with Gasteiger partial charge in [-0.05, 0) is 12.5 Å². The van der Waals surface area contributed by atoms with Gasteiger partial charge in [-0.25, -0.2) is 4.98 Å². The van der Waals surface area contributed by atoms with E-state index >= 15 is 0 Å². The van der Waals surface area contributed by atoms with Crippen molar-refractivity contribution in [3.8, 4) is 0 Å². The molecule has 0 fully saturated rings. The van der Waals surface area contributed by atoms with Crippen LogP contribution in [-0.4, -0.2) is 32.6 Å². The average molecular weight is 371 g/mol. The average Bonchev–Trinajstić information content (AvgIpc) is 2.59. The summed E-state index contributed by atoms with van der Waals surface area (Å²) in [7, 11) is 0. The summed E-state index contributed by atoms with van der Waals surface area (Å²) in [5.41, 5.74) is -0.770. The first-order valence-corrected chi connectivity index (χ1v) is 7.50. The number of aromatic nitrogens is 2. The van der Waals surface area contributed by atoms with Crippen LogP contribution in [0.15, 0.2) is 30.3 Å². The van der Waals surface area contributed by atoms with Crippen molar-refractivity contribution in [3.05, 3.63) is 51.7 Å². The number of aliphatic hydroxyl groups is 1. The molecule has 0 saturated heterocycles. The molecule has 1 atom stereocenters. The number of hydrogen-bond acceptors (Lipinski definition) is 7. The number of nitro groups is 1. The second-order valence-electron chi connectivity index (χ2n) is 5.47. The first kappa shape index (κ1) is 19.4. The van der Waals surface area contributed by atoms with Crippen molar-refractivity contribution in [1.82, 2.24) is 9.97 Å². The molecule has 0 unspecified atom stereocenters. The van der Waals surface area contributed by atoms with E-state index in [1.807, 2.05) is 0 Å². The number of rotatable bonds is 7. The number of nitrogens with zero attached hydrogens (tertiary/aromatic N) is 3. The molecule has 0 radical (unpaired) electrons. The van der Waals surface area contributed by atoms with Crippen LogP contribution in [0.2, 0.25) is 0 Å². The van der Waals surface area contributed by atoms with Crippen LogP contribution in [-0.2, 0) is 12.7 Å². The van der Waals surface area contributed by atoms with E-state index in [2.05, 4.69) is 20.6 Å². The molecule has 3 N–H and O–H groups in total. The fraction of sp³-hybridized carbons (Fsp3) is 0.333. The maximum Gasteiger partial charge on any atom is 0.433 e. The summed E-state index contributed by atoms with van der Waals surface area (Å²) in [6, 6.07) is 5.90. The van der Waals surface area contributed by atoms with Gasteiger partial charge in [-0.15, -0.1) is 0 Å². The number of hydrogen-bond donors (Lipinski definition) is 3. The van der Waals surface area contributed by atoms with Gasteiger partial charge in [0.2, 0.25) is 5.95 Å². The highest BCUT2D eigenvalue weighted by molar-refractivity contribution is 5.45. The lowest BCUT2D eigenvalue weighted by Gasteiger charge is -2.15. The van der Waals surface area contributed by atoms with E-state index in [-0.39, 0.29) is 30.6 Å². The molecule has 11 heteroatoms. The summed E-state index contributed by atoms with van der Waals surface area (Å²) in [4.78, 5) is 17.5. The summed E-state index contributed by atoms with van der Waals surface area (Å²) in [6.07, 6.45) is -4.68. The molecule has 0 aliphatic carbocycles. The molecule has 1 aromatic carbocycles. The highest BCUT2D eigenvalue weighted by Crippen LogP contribution is 2.30. The van der Waals surface area contributed by atoms with E-state index in [1.54, 1.807) is 13.0 Å². The van der Waals surface area contributed by atoms with Crippen LogP contribution in [0.4, 0.5) is 30.6 Å². The molecule has 0 amide bonds. The maximum absolute atomic E-state index is 13.0. The molecule has 0 aliphatic heterocycles. The fourth-order valence-electron chi connectivity index (χ4n) is 1.99. The van der Waals surface area contributed by atoms with Gasteiger partial charge in [0.25, 0.3) is 5.69 Å². The van der Waals surface area contributed by atoms with Gasteiger partial charge < -0.3 is 15.7 Å². The second-order valence-corrected chi connectivity index (χ2v) is 5.47. The van der Waals surface area contributed by atoms with Gasteiger partial charge in [0.1, 0.15) is 5.82 Å². The van der Waals surface area contributed by atoms with E-state index in [1.165, 1.54) is 18.2 Å². The van der Waals surface area contributed by atoms with E-state index < -0.39 is 22.8 Å². The van der Waals surface area contributed by atoms with E-state index in [0.29, 0.717) is 5.56 Å². The molecule has 2 rings (SSSR count). The Kier molecular flexibility index (Phi) is 5.93. The van der Waals surface area contributed by atoms with Gasteiger partial charge >= 0.3 is 6.18 Å². The van der Waals surface area contributed by atoms with Crippen LogP contribution < -0.4 is 10.6 Å². The molecule has 2 aromatic rings. The standard InChI is InChI=1S/C15H16F3N5O3/c1-9(8-24)20-14-21-12(15(16,17)18)6-13(22-14)19-7-10-3-2-4-11(5-10)23(25)26/h2-6,9,24H,7-8H2,1H3,(H2,19,20,21,22)/t9-/m0/s1. The predicted molar refractivity (Wildman–Crippen MR) is 87.6 cm³/mol. The molecule has 0 bridgehead atoms. The third-order valence-electron chi connectivity index (χ3n) is 3.26. The number of halogens is 3. The van der Waals surface area contributed by atoms with E-state index in [4.69, 9.17) is 5.11 Å². The Hall–Kier alpha value is -2.95. The molecule has 26 heavy (non-hydrogen) atoms. The number of nitrogens with one attached hydrogen (secondary N) is 2. The third kappa shape index (κ3) is 5.28. The molecule has 0 aliphatic rings. The van der Waals surface area contributed by atoms with Gasteiger partial charge in [0, 0.05) is 30.8 Å². The molecular weight excluding hydrogens is 355 g/mol. The Morgan fingerprint density at radius 2 is 2.04 bits per heavy atom. The Balaban J connectivity index is 2.23. The first-order chi connectivity index (χ1) is 12.2. The number of benzene rings is 1. The van der Waals surface area contributed by atoms with Gasteiger partial charge in [0.15, 0.2) is 5.69 Å². The SMILES string of the molecule is C[C@@H](CO)Nc1nc(NCc2cccc([N+](=O)[O-])c2)cc(C(F)(F)F)n1. The van der Waals surface area contributed by atoms with Crippen LogP contribution in [0.25, 0.3) is 0 Å². The number of non-ortho nitro benzene ring substituents is 1. The van der Waals surface area contributed by atoms with E-state index in [0.717, 1.165) is 6.07 Å². The van der Waals surface area contributed by atoms with Crippen molar-refractivity contribution < 1.29 is 23.2 Å². The number of nitro benzene ring substituents is 1. The van der Waals surface area contributed by atoms with Crippen molar-refractivity contribution in [2.75, 3.05) is 17.2 Å². The van der Waals surface area contributed by atoms with Crippen molar-refractivity contribution >= 4 is 17.5 Å². The van der Waals surface area contributed by atoms with Crippen LogP contribution in [0.5, 0.6) is 0 Å². The Bertz CT molecular complexity index is 785. The highest BCUT2D eigenvalue weighted by Gasteiger charge is 2.33. The zero-order chi connectivity index (χ0) is 19.3. The highest BCUT2D eigenvalue weighted by atomic mass is 19.4. The second kappa shape index (κ2) is 7.95. The smallest absolute Gasteiger partial charge is 0.394 e. The Labute approximate surface area is 146 Å². The van der Waals surface area contributed by atoms with Gasteiger partial charge in [-0.1, -0.05) is 12.1 Å². The summed E-state index contributed by atoms with van der Waals surface area (Å²) in [6.45, 7) is 1.28. The summed E-state index contributed by atoms with van der Waals surface area (Å²) >= 11 is 0. The van der Waals surface area contributed by atoms with Crippen LogP contribution in [0.1, 0.15) is 18.2 Å². The Morgan fingerprint density at radius 1 is 1.31 bits per heavy atom. The van der Waals surface area contributed by atoms with Crippen molar-refractivity contribution in [1.29, 1.82) is 0 Å². The lowest BCUT2D eigenvalue weighted by molar-refractivity contribution is -0.384. The predicted octanol–water partition coefficient (Wildman–Crippen LogP) is 2.81. The molecule has 140 valence electrons. The number of alkyl halides is 3. The van der Waals surface area contributed by atoms with Gasteiger partial charge in [-0.3, -0.25) is 10.1 Å². The molecule has 0 spiro atoms. The number of aliphatic hydroxyl groups excluding tert-OH is 1. The molecule has 8 nitrogen and oxygen atoms in total. The van der Waals surface area contributed by atoms with Crippen molar-refractivity contribution in [3.63, 3.8) is 0 Å². The normalized spacial score (nSPS) is 12.5.